The van der Waals surface area contributed by atoms with E-state index in [1.54, 1.807) is 18.7 Å². The number of hydrogen-bond donors (Lipinski definition) is 0. The van der Waals surface area contributed by atoms with Gasteiger partial charge in [-0.25, -0.2) is 0 Å². The van der Waals surface area contributed by atoms with Crippen LogP contribution in [0.2, 0.25) is 6.32 Å². The molecule has 4 unspecified atom stereocenters. The molecule has 0 N–H and O–H groups in total. The molecule has 0 spiro atoms. The topological polar surface area (TPSA) is 86.7 Å². The summed E-state index contributed by atoms with van der Waals surface area (Å²) in [5, 5.41) is 0.307. The third-order valence-electron chi connectivity index (χ3n) is 6.03. The van der Waals surface area contributed by atoms with Crippen molar-refractivity contribution in [1.82, 2.24) is 0 Å². The van der Waals surface area contributed by atoms with E-state index >= 15 is 0 Å². The monoisotopic (exact) mass is 527 g/mol. The van der Waals surface area contributed by atoms with Crippen molar-refractivity contribution in [3.8, 4) is 0 Å². The quantitative estimate of drug-likeness (QED) is 0.140. The highest BCUT2D eigenvalue weighted by Gasteiger charge is 2.55. The van der Waals surface area contributed by atoms with Crippen molar-refractivity contribution in [3.05, 3.63) is 0 Å². The Hall–Kier alpha value is -0.635. The van der Waals surface area contributed by atoms with Gasteiger partial charge in [0.2, 0.25) is 7.28 Å². The second-order valence-electron chi connectivity index (χ2n) is 9.24. The second-order valence-corrected chi connectivity index (χ2v) is 11.8. The molecule has 0 bridgehead atoms. The molecule has 0 heterocycles. The highest BCUT2D eigenvalue weighted by Crippen LogP contribution is 2.50. The van der Waals surface area contributed by atoms with Gasteiger partial charge in [-0.1, -0.05) is 45.9 Å². The second kappa shape index (κ2) is 19.5. The van der Waals surface area contributed by atoms with Crippen LogP contribution in [0.25, 0.3) is 0 Å². The van der Waals surface area contributed by atoms with Gasteiger partial charge in [-0.2, -0.15) is 23.5 Å². The third kappa shape index (κ3) is 12.9. The van der Waals surface area contributed by atoms with E-state index < -0.39 is 0 Å². The van der Waals surface area contributed by atoms with Crippen LogP contribution in [0.5, 0.6) is 0 Å². The number of carbonyl (C=O) groups excluding carboxylic acids is 4. The Kier molecular flexibility index (Phi) is 18.0. The van der Waals surface area contributed by atoms with Crippen molar-refractivity contribution in [1.29, 1.82) is 0 Å². The summed E-state index contributed by atoms with van der Waals surface area (Å²) in [4.78, 5) is 48.4. The number of ketones is 3. The minimum Gasteiger partial charge on any atom is -0.371 e. The highest BCUT2D eigenvalue weighted by atomic mass is 32.2. The van der Waals surface area contributed by atoms with Crippen LogP contribution < -0.4 is 0 Å². The number of rotatable bonds is 23. The molecule has 0 amide bonds. The summed E-state index contributed by atoms with van der Waals surface area (Å²) >= 11 is 3.59. The van der Waals surface area contributed by atoms with Gasteiger partial charge in [0.1, 0.15) is 19.0 Å². The lowest BCUT2D eigenvalue weighted by molar-refractivity contribution is -0.131. The summed E-state index contributed by atoms with van der Waals surface area (Å²) in [7, 11) is 1.82. The summed E-state index contributed by atoms with van der Waals surface area (Å²) in [6, 6.07) is 0. The average molecular weight is 528 g/mol. The Bertz CT molecular complexity index is 660. The van der Waals surface area contributed by atoms with E-state index in [-0.39, 0.29) is 65.2 Å². The zero-order valence-electron chi connectivity index (χ0n) is 22.1. The van der Waals surface area contributed by atoms with Crippen LogP contribution in [0, 0.1) is 11.8 Å². The van der Waals surface area contributed by atoms with Gasteiger partial charge in [0.05, 0.1) is 18.9 Å². The fourth-order valence-corrected chi connectivity index (χ4v) is 7.69. The molecule has 1 radical (unpaired) electrons. The summed E-state index contributed by atoms with van der Waals surface area (Å²) in [5.41, 5.74) is 0.127. The zero-order valence-corrected chi connectivity index (χ0v) is 23.7. The molecule has 1 aliphatic rings. The Balaban J connectivity index is 2.49. The predicted molar refractivity (Wildman–Crippen MR) is 147 cm³/mol. The molecule has 1 saturated carbocycles. The van der Waals surface area contributed by atoms with Crippen LogP contribution in [0.15, 0.2) is 0 Å². The SMILES string of the molecule is CCCCC[B]C(=O)C1C(SCCCC(=O)COCCOCC(C)=O)C(SCCCC)C1C(C)=O. The number of ether oxygens (including phenoxy) is 2. The summed E-state index contributed by atoms with van der Waals surface area (Å²) < 4.78 is 10.4. The van der Waals surface area contributed by atoms with Crippen LogP contribution in [0.3, 0.4) is 0 Å². The van der Waals surface area contributed by atoms with Crippen molar-refractivity contribution in [3.63, 3.8) is 0 Å². The van der Waals surface area contributed by atoms with E-state index in [0.29, 0.717) is 13.0 Å². The van der Waals surface area contributed by atoms with Crippen molar-refractivity contribution < 1.29 is 28.7 Å². The summed E-state index contributed by atoms with van der Waals surface area (Å²) in [6.45, 7) is 8.09. The predicted octanol–water partition coefficient (Wildman–Crippen LogP) is 4.64. The molecule has 1 rings (SSSR count). The van der Waals surface area contributed by atoms with Crippen LogP contribution in [0.4, 0.5) is 0 Å². The fraction of sp³-hybridized carbons (Fsp3) is 0.846. The van der Waals surface area contributed by atoms with Crippen LogP contribution in [0.1, 0.15) is 72.6 Å². The molecule has 0 saturated heterocycles. The molecular weight excluding hydrogens is 483 g/mol. The van der Waals surface area contributed by atoms with E-state index in [9.17, 15) is 19.2 Å². The zero-order chi connectivity index (χ0) is 26.1. The lowest BCUT2D eigenvalue weighted by atomic mass is 9.55. The lowest BCUT2D eigenvalue weighted by Crippen LogP contribution is -2.59. The molecule has 0 aromatic rings. The maximum Gasteiger partial charge on any atom is 0.202 e. The molecular formula is C26H44BO6S2. The minimum atomic E-state index is -0.229. The van der Waals surface area contributed by atoms with Crippen LogP contribution >= 0.6 is 23.5 Å². The van der Waals surface area contributed by atoms with Gasteiger partial charge in [-0.05, 0) is 38.2 Å². The first-order chi connectivity index (χ1) is 16.8. The van der Waals surface area contributed by atoms with Gasteiger partial charge < -0.3 is 14.3 Å². The molecule has 6 nitrogen and oxygen atoms in total. The van der Waals surface area contributed by atoms with Gasteiger partial charge in [-0.15, -0.1) is 0 Å². The molecule has 0 aromatic heterocycles. The summed E-state index contributed by atoms with van der Waals surface area (Å²) in [5.74, 6) is 1.50. The largest absolute Gasteiger partial charge is 0.371 e. The number of Topliss-reactive ketones (excluding diaryl/α,β-unsaturated/α-hetero) is 3. The van der Waals surface area contributed by atoms with Gasteiger partial charge in [0.15, 0.2) is 11.6 Å². The standard InChI is InChI=1S/C26H44BO6S2/c1-5-7-9-12-27-26(31)23-22(20(4)29)24(34-15-8-6-2)25(23)35-16-10-11-21(30)18-33-14-13-32-17-19(3)28/h22-25H,5-18H2,1-4H3. The van der Waals surface area contributed by atoms with Gasteiger partial charge in [-0.3, -0.25) is 14.4 Å². The van der Waals surface area contributed by atoms with Crippen LogP contribution in [-0.4, -0.2) is 78.7 Å². The smallest absolute Gasteiger partial charge is 0.202 e. The normalized spacial score (nSPS) is 21.4. The molecule has 1 fully saturated rings. The van der Waals surface area contributed by atoms with Crippen molar-refractivity contribution in [2.75, 3.05) is 37.9 Å². The van der Waals surface area contributed by atoms with Gasteiger partial charge in [0.25, 0.3) is 0 Å². The van der Waals surface area contributed by atoms with E-state index in [1.807, 2.05) is 19.0 Å². The molecule has 9 heteroatoms. The first kappa shape index (κ1) is 32.4. The molecule has 0 aromatic carbocycles. The van der Waals surface area contributed by atoms with Crippen molar-refractivity contribution >= 4 is 53.8 Å². The fourth-order valence-electron chi connectivity index (χ4n) is 4.11. The maximum atomic E-state index is 13.0. The number of thioether (sulfide) groups is 2. The molecule has 35 heavy (non-hydrogen) atoms. The van der Waals surface area contributed by atoms with Crippen molar-refractivity contribution in [2.24, 2.45) is 11.8 Å². The Morgan fingerprint density at radius 3 is 1.97 bits per heavy atom. The lowest BCUT2D eigenvalue weighted by Gasteiger charge is -2.50. The third-order valence-corrected chi connectivity index (χ3v) is 9.19. The maximum absolute atomic E-state index is 13.0. The Morgan fingerprint density at radius 2 is 1.37 bits per heavy atom. The Labute approximate surface area is 221 Å². The van der Waals surface area contributed by atoms with Crippen molar-refractivity contribution in [2.45, 2.75) is 89.5 Å². The van der Waals surface area contributed by atoms with E-state index in [4.69, 9.17) is 9.47 Å². The number of hydrogen-bond acceptors (Lipinski definition) is 8. The molecule has 4 atom stereocenters. The van der Waals surface area contributed by atoms with E-state index in [2.05, 4.69) is 13.8 Å². The first-order valence-electron chi connectivity index (χ1n) is 13.1. The van der Waals surface area contributed by atoms with Gasteiger partial charge >= 0.3 is 0 Å². The molecule has 199 valence electrons. The molecule has 0 aliphatic heterocycles. The number of unbranched alkanes of at least 4 members (excludes halogenated alkanes) is 3. The average Bonchev–Trinajstić information content (AvgIpc) is 2.79. The highest BCUT2D eigenvalue weighted by molar-refractivity contribution is 8.04. The van der Waals surface area contributed by atoms with E-state index in [0.717, 1.165) is 56.4 Å². The van der Waals surface area contributed by atoms with E-state index in [1.165, 1.54) is 6.92 Å². The number of carbonyl (C=O) groups is 4. The minimum absolute atomic E-state index is 0.0380. The summed E-state index contributed by atoms with van der Waals surface area (Å²) in [6.07, 6.45) is 7.41. The van der Waals surface area contributed by atoms with Gasteiger partial charge in [0, 0.05) is 28.8 Å². The first-order valence-corrected chi connectivity index (χ1v) is 15.2. The van der Waals surface area contributed by atoms with Crippen LogP contribution in [-0.2, 0) is 28.7 Å². The Morgan fingerprint density at radius 1 is 0.771 bits per heavy atom. The molecule has 1 aliphatic carbocycles.